The Labute approximate surface area is 128 Å². The van der Waals surface area contributed by atoms with Crippen LogP contribution in [-0.2, 0) is 6.54 Å². The van der Waals surface area contributed by atoms with Gasteiger partial charge in [-0.15, -0.1) is 0 Å². The van der Waals surface area contributed by atoms with E-state index < -0.39 is 16.6 Å². The number of anilines is 1. The molecule has 0 heterocycles. The van der Waals surface area contributed by atoms with Crippen molar-refractivity contribution in [2.45, 2.75) is 13.5 Å². The second kappa shape index (κ2) is 6.17. The van der Waals surface area contributed by atoms with E-state index in [9.17, 15) is 18.9 Å². The third-order valence-corrected chi connectivity index (χ3v) is 3.57. The average molecular weight is 357 g/mol. The van der Waals surface area contributed by atoms with Crippen LogP contribution in [0.15, 0.2) is 34.8 Å². The lowest BCUT2D eigenvalue weighted by atomic mass is 10.1. The number of benzene rings is 2. The van der Waals surface area contributed by atoms with Gasteiger partial charge in [0.2, 0.25) is 0 Å². The number of aryl methyl sites for hydroxylation is 1. The molecule has 0 bridgehead atoms. The molecular formula is C14H11BrF2N2O2. The van der Waals surface area contributed by atoms with Crippen molar-refractivity contribution in [3.05, 3.63) is 67.7 Å². The molecule has 2 aromatic carbocycles. The summed E-state index contributed by atoms with van der Waals surface area (Å²) in [6.07, 6.45) is 0. The second-order valence-electron chi connectivity index (χ2n) is 4.48. The number of nitrogens with zero attached hydrogens (tertiary/aromatic N) is 1. The maximum absolute atomic E-state index is 13.6. The molecule has 4 nitrogen and oxygen atoms in total. The van der Waals surface area contributed by atoms with E-state index in [1.165, 1.54) is 6.07 Å². The number of halogens is 3. The molecule has 0 atom stereocenters. The number of rotatable bonds is 4. The molecule has 0 aliphatic carbocycles. The lowest BCUT2D eigenvalue weighted by molar-refractivity contribution is -0.385. The molecule has 110 valence electrons. The fraction of sp³-hybridized carbons (Fsp3) is 0.143. The Hall–Kier alpha value is -2.02. The van der Waals surface area contributed by atoms with Gasteiger partial charge in [-0.2, -0.15) is 0 Å². The van der Waals surface area contributed by atoms with E-state index in [0.29, 0.717) is 11.1 Å². The number of hydrogen-bond donors (Lipinski definition) is 1. The standard InChI is InChI=1S/C14H11BrF2N2O2/c1-8-2-3-9(4-13(8)19(20)21)7-18-14-11(15)5-10(16)6-12(14)17/h2-6,18H,7H2,1H3. The summed E-state index contributed by atoms with van der Waals surface area (Å²) in [4.78, 5) is 10.4. The van der Waals surface area contributed by atoms with Crippen LogP contribution < -0.4 is 5.32 Å². The third-order valence-electron chi connectivity index (χ3n) is 2.95. The highest BCUT2D eigenvalue weighted by atomic mass is 79.9. The van der Waals surface area contributed by atoms with Crippen molar-refractivity contribution in [3.8, 4) is 0 Å². The number of nitro benzene ring substituents is 1. The van der Waals surface area contributed by atoms with Crippen LogP contribution in [0.3, 0.4) is 0 Å². The van der Waals surface area contributed by atoms with Crippen LogP contribution in [0.2, 0.25) is 0 Å². The van der Waals surface area contributed by atoms with E-state index in [2.05, 4.69) is 21.2 Å². The Kier molecular flexibility index (Phi) is 4.52. The van der Waals surface area contributed by atoms with Gasteiger partial charge in [0.25, 0.3) is 5.69 Å². The topological polar surface area (TPSA) is 55.2 Å². The lowest BCUT2D eigenvalue weighted by Crippen LogP contribution is -2.04. The first kappa shape index (κ1) is 15.4. The fourth-order valence-corrected chi connectivity index (χ4v) is 2.41. The Morgan fingerprint density at radius 2 is 2.00 bits per heavy atom. The first-order chi connectivity index (χ1) is 9.88. The molecule has 0 unspecified atom stereocenters. The summed E-state index contributed by atoms with van der Waals surface area (Å²) >= 11 is 3.07. The van der Waals surface area contributed by atoms with Gasteiger partial charge in [-0.25, -0.2) is 8.78 Å². The number of hydrogen-bond acceptors (Lipinski definition) is 3. The molecule has 7 heteroatoms. The Morgan fingerprint density at radius 3 is 2.62 bits per heavy atom. The first-order valence-corrected chi connectivity index (χ1v) is 6.80. The zero-order valence-electron chi connectivity index (χ0n) is 11.0. The minimum absolute atomic E-state index is 0.00736. The van der Waals surface area contributed by atoms with Gasteiger partial charge in [-0.05, 0) is 34.5 Å². The summed E-state index contributed by atoms with van der Waals surface area (Å²) in [7, 11) is 0. The maximum Gasteiger partial charge on any atom is 0.272 e. The predicted octanol–water partition coefficient (Wildman–Crippen LogP) is 4.56. The average Bonchev–Trinajstić information content (AvgIpc) is 2.38. The van der Waals surface area contributed by atoms with Crippen molar-refractivity contribution in [2.24, 2.45) is 0 Å². The highest BCUT2D eigenvalue weighted by Crippen LogP contribution is 2.28. The molecule has 0 saturated carbocycles. The Bertz CT molecular complexity index is 684. The summed E-state index contributed by atoms with van der Waals surface area (Å²) in [5.74, 6) is -1.42. The molecule has 21 heavy (non-hydrogen) atoms. The van der Waals surface area contributed by atoms with Crippen LogP contribution in [0.5, 0.6) is 0 Å². The molecule has 0 fully saturated rings. The summed E-state index contributed by atoms with van der Waals surface area (Å²) in [5, 5.41) is 13.7. The summed E-state index contributed by atoms with van der Waals surface area (Å²) < 4.78 is 26.9. The highest BCUT2D eigenvalue weighted by Gasteiger charge is 2.12. The van der Waals surface area contributed by atoms with E-state index in [-0.39, 0.29) is 22.4 Å². The van der Waals surface area contributed by atoms with E-state index in [1.807, 2.05) is 0 Å². The largest absolute Gasteiger partial charge is 0.378 e. The van der Waals surface area contributed by atoms with Crippen LogP contribution >= 0.6 is 15.9 Å². The number of nitrogens with one attached hydrogen (secondary N) is 1. The number of nitro groups is 1. The zero-order chi connectivity index (χ0) is 15.6. The van der Waals surface area contributed by atoms with Gasteiger partial charge in [-0.1, -0.05) is 12.1 Å². The van der Waals surface area contributed by atoms with Gasteiger partial charge in [-0.3, -0.25) is 10.1 Å². The van der Waals surface area contributed by atoms with E-state index >= 15 is 0 Å². The highest BCUT2D eigenvalue weighted by molar-refractivity contribution is 9.10. The molecule has 0 spiro atoms. The van der Waals surface area contributed by atoms with E-state index in [4.69, 9.17) is 0 Å². The third kappa shape index (κ3) is 3.55. The van der Waals surface area contributed by atoms with Crippen molar-refractivity contribution in [1.29, 1.82) is 0 Å². The smallest absolute Gasteiger partial charge is 0.272 e. The van der Waals surface area contributed by atoms with Crippen LogP contribution in [0, 0.1) is 28.7 Å². The molecule has 0 radical (unpaired) electrons. The van der Waals surface area contributed by atoms with Crippen molar-refractivity contribution >= 4 is 27.3 Å². The van der Waals surface area contributed by atoms with Gasteiger partial charge in [0.15, 0.2) is 0 Å². The van der Waals surface area contributed by atoms with Crippen LogP contribution in [-0.4, -0.2) is 4.92 Å². The zero-order valence-corrected chi connectivity index (χ0v) is 12.6. The monoisotopic (exact) mass is 356 g/mol. The van der Waals surface area contributed by atoms with Gasteiger partial charge >= 0.3 is 0 Å². The molecule has 0 aliphatic heterocycles. The summed E-state index contributed by atoms with van der Waals surface area (Å²) in [5.41, 5.74) is 1.30. The molecular weight excluding hydrogens is 346 g/mol. The van der Waals surface area contributed by atoms with Gasteiger partial charge in [0.05, 0.1) is 10.6 Å². The molecule has 0 aliphatic rings. The predicted molar refractivity (Wildman–Crippen MR) is 79.2 cm³/mol. The molecule has 2 aromatic rings. The van der Waals surface area contributed by atoms with Gasteiger partial charge in [0, 0.05) is 28.7 Å². The minimum atomic E-state index is -0.733. The minimum Gasteiger partial charge on any atom is -0.378 e. The van der Waals surface area contributed by atoms with Gasteiger partial charge in [0.1, 0.15) is 11.6 Å². The summed E-state index contributed by atoms with van der Waals surface area (Å²) in [6.45, 7) is 1.83. The van der Waals surface area contributed by atoms with Gasteiger partial charge < -0.3 is 5.32 Å². The molecule has 1 N–H and O–H groups in total. The lowest BCUT2D eigenvalue weighted by Gasteiger charge is -2.10. The summed E-state index contributed by atoms with van der Waals surface area (Å²) in [6, 6.07) is 6.68. The van der Waals surface area contributed by atoms with Crippen LogP contribution in [0.4, 0.5) is 20.2 Å². The quantitative estimate of drug-likeness (QED) is 0.645. The first-order valence-electron chi connectivity index (χ1n) is 6.01. The maximum atomic E-state index is 13.6. The SMILES string of the molecule is Cc1ccc(CNc2c(F)cc(F)cc2Br)cc1[N+](=O)[O-]. The van der Waals surface area contributed by atoms with Crippen molar-refractivity contribution in [2.75, 3.05) is 5.32 Å². The molecule has 0 amide bonds. The van der Waals surface area contributed by atoms with Crippen molar-refractivity contribution in [1.82, 2.24) is 0 Å². The van der Waals surface area contributed by atoms with E-state index in [0.717, 1.165) is 12.1 Å². The van der Waals surface area contributed by atoms with Crippen molar-refractivity contribution in [3.63, 3.8) is 0 Å². The fourth-order valence-electron chi connectivity index (χ4n) is 1.86. The van der Waals surface area contributed by atoms with Crippen molar-refractivity contribution < 1.29 is 13.7 Å². The normalized spacial score (nSPS) is 10.5. The van der Waals surface area contributed by atoms with Crippen LogP contribution in [0.25, 0.3) is 0 Å². The van der Waals surface area contributed by atoms with E-state index in [1.54, 1.807) is 19.1 Å². The Balaban J connectivity index is 2.21. The second-order valence-corrected chi connectivity index (χ2v) is 5.33. The molecule has 0 saturated heterocycles. The Morgan fingerprint density at radius 1 is 1.29 bits per heavy atom. The molecule has 2 rings (SSSR count). The van der Waals surface area contributed by atoms with Crippen LogP contribution in [0.1, 0.15) is 11.1 Å². The molecule has 0 aromatic heterocycles.